The molecule has 2 aromatic rings. The average Bonchev–Trinajstić information content (AvgIpc) is 2.50. The van der Waals surface area contributed by atoms with Crippen molar-refractivity contribution in [3.8, 4) is 0 Å². The van der Waals surface area contributed by atoms with E-state index in [2.05, 4.69) is 21.2 Å². The summed E-state index contributed by atoms with van der Waals surface area (Å²) < 4.78 is 53.2. The number of amides is 1. The number of hydrogen-bond acceptors (Lipinski definition) is 3. The molecule has 9 heteroatoms. The second-order valence-electron chi connectivity index (χ2n) is 5.30. The van der Waals surface area contributed by atoms with Crippen LogP contribution in [-0.4, -0.2) is 26.6 Å². The van der Waals surface area contributed by atoms with E-state index in [1.54, 1.807) is 0 Å². The van der Waals surface area contributed by atoms with Crippen LogP contribution in [0.25, 0.3) is 0 Å². The molecule has 5 nitrogen and oxygen atoms in total. The van der Waals surface area contributed by atoms with Crippen LogP contribution in [0.5, 0.6) is 0 Å². The Labute approximate surface area is 152 Å². The average molecular weight is 433 g/mol. The Morgan fingerprint density at radius 1 is 1.16 bits per heavy atom. The standard InChI is InChI=1S/C16H15BrF2N2O3S/c1-10(16(22)20-14-8-7-11(17)9-13(14)19)21(25(2,23)24)15-6-4-3-5-12(15)18/h3-10H,1-2H3,(H,20,22)/t10-/m1/s1. The molecule has 1 amide bonds. The van der Waals surface area contributed by atoms with Crippen LogP contribution in [0.1, 0.15) is 6.92 Å². The number of rotatable bonds is 5. The molecule has 0 aromatic heterocycles. The Balaban J connectivity index is 2.35. The zero-order valence-electron chi connectivity index (χ0n) is 13.3. The van der Waals surface area contributed by atoms with Crippen molar-refractivity contribution in [2.75, 3.05) is 15.9 Å². The third-order valence-electron chi connectivity index (χ3n) is 3.37. The molecule has 0 radical (unpaired) electrons. The molecule has 0 spiro atoms. The van der Waals surface area contributed by atoms with Crippen molar-refractivity contribution >= 4 is 43.2 Å². The molecule has 0 fully saturated rings. The van der Waals surface area contributed by atoms with Gasteiger partial charge in [0.05, 0.1) is 17.6 Å². The summed E-state index contributed by atoms with van der Waals surface area (Å²) in [5, 5.41) is 2.32. The summed E-state index contributed by atoms with van der Waals surface area (Å²) >= 11 is 3.10. The van der Waals surface area contributed by atoms with E-state index in [-0.39, 0.29) is 11.4 Å². The van der Waals surface area contributed by atoms with E-state index >= 15 is 0 Å². The molecule has 0 aliphatic carbocycles. The van der Waals surface area contributed by atoms with Crippen molar-refractivity contribution in [3.63, 3.8) is 0 Å². The van der Waals surface area contributed by atoms with Gasteiger partial charge in [0.2, 0.25) is 15.9 Å². The van der Waals surface area contributed by atoms with Crippen molar-refractivity contribution in [2.24, 2.45) is 0 Å². The number of nitrogens with zero attached hydrogens (tertiary/aromatic N) is 1. The second-order valence-corrected chi connectivity index (χ2v) is 8.07. The van der Waals surface area contributed by atoms with E-state index < -0.39 is 33.6 Å². The van der Waals surface area contributed by atoms with Gasteiger partial charge in [-0.2, -0.15) is 0 Å². The lowest BCUT2D eigenvalue weighted by Gasteiger charge is -2.28. The van der Waals surface area contributed by atoms with Crippen LogP contribution in [0.2, 0.25) is 0 Å². The van der Waals surface area contributed by atoms with Crippen LogP contribution in [0.3, 0.4) is 0 Å². The molecular formula is C16H15BrF2N2O3S. The lowest BCUT2D eigenvalue weighted by Crippen LogP contribution is -2.45. The van der Waals surface area contributed by atoms with E-state index in [9.17, 15) is 22.0 Å². The number of sulfonamides is 1. The van der Waals surface area contributed by atoms with Crippen LogP contribution in [0, 0.1) is 11.6 Å². The predicted octanol–water partition coefficient (Wildman–Crippen LogP) is 3.52. The molecule has 0 heterocycles. The fraction of sp³-hybridized carbons (Fsp3) is 0.188. The monoisotopic (exact) mass is 432 g/mol. The maximum absolute atomic E-state index is 14.0. The highest BCUT2D eigenvalue weighted by Crippen LogP contribution is 2.25. The third-order valence-corrected chi connectivity index (χ3v) is 5.09. The van der Waals surface area contributed by atoms with Gasteiger partial charge >= 0.3 is 0 Å². The van der Waals surface area contributed by atoms with Gasteiger partial charge in [0.1, 0.15) is 17.7 Å². The number of hydrogen-bond donors (Lipinski definition) is 1. The van der Waals surface area contributed by atoms with Crippen LogP contribution in [0.15, 0.2) is 46.9 Å². The topological polar surface area (TPSA) is 66.5 Å². The molecule has 0 saturated heterocycles. The van der Waals surface area contributed by atoms with Gasteiger partial charge in [-0.1, -0.05) is 28.1 Å². The van der Waals surface area contributed by atoms with Crippen LogP contribution in [-0.2, 0) is 14.8 Å². The highest BCUT2D eigenvalue weighted by atomic mass is 79.9. The van der Waals surface area contributed by atoms with Gasteiger partial charge in [0, 0.05) is 4.47 Å². The third kappa shape index (κ3) is 4.55. The van der Waals surface area contributed by atoms with Crippen LogP contribution in [0.4, 0.5) is 20.2 Å². The van der Waals surface area contributed by atoms with Crippen molar-refractivity contribution in [1.82, 2.24) is 0 Å². The van der Waals surface area contributed by atoms with Crippen molar-refractivity contribution < 1.29 is 22.0 Å². The molecule has 0 unspecified atom stereocenters. The maximum Gasteiger partial charge on any atom is 0.248 e. The van der Waals surface area contributed by atoms with Crippen LogP contribution >= 0.6 is 15.9 Å². The smallest absolute Gasteiger partial charge is 0.248 e. The van der Waals surface area contributed by atoms with Gasteiger partial charge in [-0.15, -0.1) is 0 Å². The molecule has 0 bridgehead atoms. The first-order chi connectivity index (χ1) is 11.6. The fourth-order valence-electron chi connectivity index (χ4n) is 2.24. The van der Waals surface area contributed by atoms with Crippen molar-refractivity contribution in [2.45, 2.75) is 13.0 Å². The van der Waals surface area contributed by atoms with Crippen molar-refractivity contribution in [3.05, 3.63) is 58.6 Å². The minimum absolute atomic E-state index is 0.109. The van der Waals surface area contributed by atoms with E-state index in [0.29, 0.717) is 8.78 Å². The summed E-state index contributed by atoms with van der Waals surface area (Å²) in [6.07, 6.45) is 0.865. The number of anilines is 2. The number of carbonyl (C=O) groups excluding carboxylic acids is 1. The Hall–Kier alpha value is -2.00. The molecule has 1 atom stereocenters. The number of para-hydroxylation sites is 1. The summed E-state index contributed by atoms with van der Waals surface area (Å²) in [6.45, 7) is 1.29. The Kier molecular flexibility index (Phi) is 5.79. The van der Waals surface area contributed by atoms with Gasteiger partial charge in [0.15, 0.2) is 0 Å². The summed E-state index contributed by atoms with van der Waals surface area (Å²) in [6, 6.07) is 7.91. The number of benzene rings is 2. The number of nitrogens with one attached hydrogen (secondary N) is 1. The lowest BCUT2D eigenvalue weighted by molar-refractivity contribution is -0.116. The first-order valence-electron chi connectivity index (χ1n) is 7.11. The largest absolute Gasteiger partial charge is 0.322 e. The molecule has 2 rings (SSSR count). The first-order valence-corrected chi connectivity index (χ1v) is 9.75. The fourth-order valence-corrected chi connectivity index (χ4v) is 3.75. The van der Waals surface area contributed by atoms with Gasteiger partial charge < -0.3 is 5.32 Å². The molecule has 1 N–H and O–H groups in total. The minimum atomic E-state index is -3.96. The highest BCUT2D eigenvalue weighted by molar-refractivity contribution is 9.10. The summed E-state index contributed by atoms with van der Waals surface area (Å²) in [5.74, 6) is -2.27. The Bertz CT molecular complexity index is 906. The SMILES string of the molecule is C[C@H](C(=O)Nc1ccc(Br)cc1F)N(c1ccccc1F)S(C)(=O)=O. The van der Waals surface area contributed by atoms with Gasteiger partial charge in [0.25, 0.3) is 0 Å². The predicted molar refractivity (Wildman–Crippen MR) is 95.9 cm³/mol. The van der Waals surface area contributed by atoms with E-state index in [1.807, 2.05) is 0 Å². The molecule has 0 aliphatic heterocycles. The van der Waals surface area contributed by atoms with Gasteiger partial charge in [-0.05, 0) is 37.3 Å². The zero-order valence-corrected chi connectivity index (χ0v) is 15.7. The summed E-state index contributed by atoms with van der Waals surface area (Å²) in [4.78, 5) is 12.4. The minimum Gasteiger partial charge on any atom is -0.322 e. The molecule has 0 saturated carbocycles. The van der Waals surface area contributed by atoms with Gasteiger partial charge in [-0.25, -0.2) is 17.2 Å². The molecular weight excluding hydrogens is 418 g/mol. The Morgan fingerprint density at radius 3 is 2.36 bits per heavy atom. The summed E-state index contributed by atoms with van der Waals surface area (Å²) in [7, 11) is -3.96. The van der Waals surface area contributed by atoms with Crippen molar-refractivity contribution in [1.29, 1.82) is 0 Å². The van der Waals surface area contributed by atoms with E-state index in [0.717, 1.165) is 18.4 Å². The van der Waals surface area contributed by atoms with E-state index in [4.69, 9.17) is 0 Å². The maximum atomic E-state index is 14.0. The zero-order chi connectivity index (χ0) is 18.8. The lowest BCUT2D eigenvalue weighted by atomic mass is 10.2. The first kappa shape index (κ1) is 19.3. The number of carbonyl (C=O) groups is 1. The molecule has 0 aliphatic rings. The normalized spacial score (nSPS) is 12.5. The molecule has 2 aromatic carbocycles. The summed E-state index contributed by atoms with van der Waals surface area (Å²) in [5.41, 5.74) is -0.369. The van der Waals surface area contributed by atoms with Gasteiger partial charge in [-0.3, -0.25) is 9.10 Å². The quantitative estimate of drug-likeness (QED) is 0.785. The van der Waals surface area contributed by atoms with Crippen LogP contribution < -0.4 is 9.62 Å². The Morgan fingerprint density at radius 2 is 1.80 bits per heavy atom. The van der Waals surface area contributed by atoms with E-state index in [1.165, 1.54) is 37.3 Å². The molecule has 25 heavy (non-hydrogen) atoms. The number of halogens is 3. The second kappa shape index (κ2) is 7.49. The highest BCUT2D eigenvalue weighted by Gasteiger charge is 2.31. The molecule has 134 valence electrons.